The Morgan fingerprint density at radius 3 is 2.71 bits per heavy atom. The van der Waals surface area contributed by atoms with E-state index in [4.69, 9.17) is 11.6 Å². The van der Waals surface area contributed by atoms with E-state index in [9.17, 15) is 13.6 Å². The molecule has 0 bridgehead atoms. The number of benzene rings is 1. The van der Waals surface area contributed by atoms with E-state index in [1.807, 2.05) is 0 Å². The Kier molecular flexibility index (Phi) is 5.85. The van der Waals surface area contributed by atoms with Crippen LogP contribution in [0, 0.1) is 0 Å². The summed E-state index contributed by atoms with van der Waals surface area (Å²) in [7, 11) is 0. The lowest BCUT2D eigenvalue weighted by molar-refractivity contribution is -0.116. The minimum absolute atomic E-state index is 0.0803. The molecule has 0 fully saturated rings. The fraction of sp³-hybridized carbons (Fsp3) is 0.364. The summed E-state index contributed by atoms with van der Waals surface area (Å²) in [5, 5.41) is 0.334. The van der Waals surface area contributed by atoms with Gasteiger partial charge in [0.2, 0.25) is 0 Å². The van der Waals surface area contributed by atoms with Gasteiger partial charge >= 0.3 is 6.61 Å². The molecule has 0 saturated carbocycles. The summed E-state index contributed by atoms with van der Waals surface area (Å²) in [6, 6.07) is 4.71. The smallest absolute Gasteiger partial charge is 0.387 e. The molecule has 0 aromatic heterocycles. The lowest BCUT2D eigenvalue weighted by atomic mass is 10.0. The van der Waals surface area contributed by atoms with Crippen molar-refractivity contribution in [2.75, 3.05) is 5.88 Å². The zero-order valence-corrected chi connectivity index (χ0v) is 11.1. The van der Waals surface area contributed by atoms with Gasteiger partial charge in [-0.25, -0.2) is 0 Å². The number of ketones is 1. The number of halogens is 4. The molecule has 0 heterocycles. The molecule has 6 heteroatoms. The molecule has 1 aromatic carbocycles. The van der Waals surface area contributed by atoms with Gasteiger partial charge in [-0.1, -0.05) is 28.1 Å². The van der Waals surface area contributed by atoms with Crippen molar-refractivity contribution in [2.45, 2.75) is 18.4 Å². The molecule has 0 aliphatic carbocycles. The van der Waals surface area contributed by atoms with Crippen molar-refractivity contribution in [3.63, 3.8) is 0 Å². The van der Waals surface area contributed by atoms with Crippen molar-refractivity contribution in [2.24, 2.45) is 0 Å². The number of hydrogen-bond acceptors (Lipinski definition) is 2. The Bertz CT molecular complexity index is 399. The first-order chi connectivity index (χ1) is 8.08. The number of Topliss-reactive ketones (excluding diaryl/α,β-unsaturated/α-hetero) is 1. The number of alkyl halides is 4. The molecule has 0 unspecified atom stereocenters. The van der Waals surface area contributed by atoms with Crippen molar-refractivity contribution in [1.82, 2.24) is 0 Å². The molecule has 0 saturated heterocycles. The van der Waals surface area contributed by atoms with Crippen LogP contribution >= 0.6 is 27.5 Å². The predicted molar refractivity (Wildman–Crippen MR) is 65.1 cm³/mol. The van der Waals surface area contributed by atoms with Crippen LogP contribution in [0.4, 0.5) is 8.78 Å². The largest absolute Gasteiger partial charge is 0.435 e. The summed E-state index contributed by atoms with van der Waals surface area (Å²) in [5.74, 6) is -0.179. The number of carbonyl (C=O) groups is 1. The lowest BCUT2D eigenvalue weighted by Crippen LogP contribution is -2.09. The summed E-state index contributed by atoms with van der Waals surface area (Å²) in [6.07, 6.45) is 0.116. The Morgan fingerprint density at radius 2 is 2.18 bits per heavy atom. The van der Waals surface area contributed by atoms with Gasteiger partial charge in [0.25, 0.3) is 0 Å². The first kappa shape index (κ1) is 14.4. The zero-order valence-electron chi connectivity index (χ0n) is 8.76. The van der Waals surface area contributed by atoms with Gasteiger partial charge in [-0.05, 0) is 11.6 Å². The first-order valence-electron chi connectivity index (χ1n) is 4.77. The average Bonchev–Trinajstić information content (AvgIpc) is 2.28. The normalized spacial score (nSPS) is 10.6. The minimum atomic E-state index is -2.88. The highest BCUT2D eigenvalue weighted by molar-refractivity contribution is 9.08. The van der Waals surface area contributed by atoms with Gasteiger partial charge in [0.1, 0.15) is 5.75 Å². The average molecular weight is 328 g/mol. The second-order valence-corrected chi connectivity index (χ2v) is 4.08. The monoisotopic (exact) mass is 326 g/mol. The van der Waals surface area contributed by atoms with Gasteiger partial charge in [0, 0.05) is 17.3 Å². The molecule has 0 aliphatic rings. The molecule has 2 nitrogen and oxygen atoms in total. The highest BCUT2D eigenvalue weighted by atomic mass is 79.9. The van der Waals surface area contributed by atoms with Gasteiger partial charge < -0.3 is 4.74 Å². The highest BCUT2D eigenvalue weighted by Crippen LogP contribution is 2.27. The van der Waals surface area contributed by atoms with Gasteiger partial charge in [0.15, 0.2) is 5.78 Å². The predicted octanol–water partition coefficient (Wildman–Crippen LogP) is 3.53. The van der Waals surface area contributed by atoms with Crippen molar-refractivity contribution < 1.29 is 18.3 Å². The molecule has 1 rings (SSSR count). The maximum atomic E-state index is 12.2. The van der Waals surface area contributed by atoms with E-state index in [2.05, 4.69) is 20.7 Å². The zero-order chi connectivity index (χ0) is 12.8. The van der Waals surface area contributed by atoms with Gasteiger partial charge in [0.05, 0.1) is 5.88 Å². The third-order valence-electron chi connectivity index (χ3n) is 2.12. The molecule has 1 aromatic rings. The van der Waals surface area contributed by atoms with Gasteiger partial charge in [-0.3, -0.25) is 4.79 Å². The third kappa shape index (κ3) is 4.24. The molecule has 0 amide bonds. The van der Waals surface area contributed by atoms with Crippen LogP contribution in [-0.4, -0.2) is 18.3 Å². The fourth-order valence-electron chi connectivity index (χ4n) is 1.39. The summed E-state index contributed by atoms with van der Waals surface area (Å²) < 4.78 is 28.7. The van der Waals surface area contributed by atoms with Crippen LogP contribution in [0.2, 0.25) is 0 Å². The van der Waals surface area contributed by atoms with Crippen LogP contribution < -0.4 is 4.74 Å². The maximum Gasteiger partial charge on any atom is 0.387 e. The molecule has 0 spiro atoms. The standard InChI is InChI=1S/C11H10BrClF2O2/c12-5-9-7(4-8(16)6-13)2-1-3-10(9)17-11(14)15/h1-3,11H,4-6H2. The van der Waals surface area contributed by atoms with Crippen LogP contribution in [-0.2, 0) is 16.5 Å². The second-order valence-electron chi connectivity index (χ2n) is 3.26. The number of rotatable bonds is 6. The molecule has 94 valence electrons. The van der Waals surface area contributed by atoms with Crippen LogP contribution in [0.3, 0.4) is 0 Å². The Balaban J connectivity index is 3.00. The SMILES string of the molecule is O=C(CCl)Cc1cccc(OC(F)F)c1CBr. The second kappa shape index (κ2) is 6.91. The third-order valence-corrected chi connectivity index (χ3v) is 2.98. The van der Waals surface area contributed by atoms with Crippen LogP contribution in [0.25, 0.3) is 0 Å². The molecular weight excluding hydrogens is 317 g/mol. The highest BCUT2D eigenvalue weighted by Gasteiger charge is 2.14. The number of carbonyl (C=O) groups excluding carboxylic acids is 1. The van der Waals surface area contributed by atoms with Gasteiger partial charge in [-0.15, -0.1) is 11.6 Å². The Hall–Kier alpha value is -0.680. The van der Waals surface area contributed by atoms with Crippen molar-refractivity contribution in [1.29, 1.82) is 0 Å². The molecule has 0 radical (unpaired) electrons. The molecule has 0 N–H and O–H groups in total. The number of ether oxygens (including phenoxy) is 1. The van der Waals surface area contributed by atoms with Crippen molar-refractivity contribution in [3.05, 3.63) is 29.3 Å². The first-order valence-corrected chi connectivity index (χ1v) is 6.43. The minimum Gasteiger partial charge on any atom is -0.435 e. The Labute approximate surface area is 111 Å². The number of hydrogen-bond donors (Lipinski definition) is 0. The van der Waals surface area contributed by atoms with E-state index in [0.717, 1.165) is 0 Å². The van der Waals surface area contributed by atoms with E-state index in [1.165, 1.54) is 6.07 Å². The fourth-order valence-corrected chi connectivity index (χ4v) is 2.13. The summed E-state index contributed by atoms with van der Waals surface area (Å²) in [5.41, 5.74) is 1.19. The maximum absolute atomic E-state index is 12.2. The molecular formula is C11H10BrClF2O2. The molecule has 0 aliphatic heterocycles. The van der Waals surface area contributed by atoms with Crippen LogP contribution in [0.5, 0.6) is 5.75 Å². The van der Waals surface area contributed by atoms with E-state index >= 15 is 0 Å². The quantitative estimate of drug-likeness (QED) is 0.747. The van der Waals surface area contributed by atoms with Crippen LogP contribution in [0.1, 0.15) is 11.1 Å². The van der Waals surface area contributed by atoms with Crippen molar-refractivity contribution in [3.8, 4) is 5.75 Å². The van der Waals surface area contributed by atoms with E-state index in [0.29, 0.717) is 16.5 Å². The lowest BCUT2D eigenvalue weighted by Gasteiger charge is -2.12. The summed E-state index contributed by atoms with van der Waals surface area (Å²) in [4.78, 5) is 11.2. The van der Waals surface area contributed by atoms with Gasteiger partial charge in [-0.2, -0.15) is 8.78 Å². The van der Waals surface area contributed by atoms with E-state index in [1.54, 1.807) is 12.1 Å². The van der Waals surface area contributed by atoms with Crippen molar-refractivity contribution >= 4 is 33.3 Å². The Morgan fingerprint density at radius 1 is 1.47 bits per heavy atom. The van der Waals surface area contributed by atoms with Crippen LogP contribution in [0.15, 0.2) is 18.2 Å². The van der Waals surface area contributed by atoms with E-state index < -0.39 is 6.61 Å². The molecule has 17 heavy (non-hydrogen) atoms. The summed E-state index contributed by atoms with van der Waals surface area (Å²) in [6.45, 7) is -2.88. The molecule has 0 atom stereocenters. The van der Waals surface area contributed by atoms with E-state index in [-0.39, 0.29) is 23.8 Å². The summed E-state index contributed by atoms with van der Waals surface area (Å²) >= 11 is 8.60. The topological polar surface area (TPSA) is 26.3 Å².